The number of unbranched alkanes of at least 4 members (excludes halogenated alkanes) is 1. The third-order valence-corrected chi connectivity index (χ3v) is 4.23. The van der Waals surface area contributed by atoms with Crippen LogP contribution in [-0.2, 0) is 0 Å². The molecule has 1 aliphatic rings. The number of nitrogens with one attached hydrogen (secondary N) is 1. The summed E-state index contributed by atoms with van der Waals surface area (Å²) < 4.78 is 0. The Bertz CT molecular complexity index is 329. The molecule has 18 heavy (non-hydrogen) atoms. The maximum absolute atomic E-state index is 3.62. The van der Waals surface area contributed by atoms with Crippen molar-refractivity contribution in [3.8, 4) is 0 Å². The lowest BCUT2D eigenvalue weighted by Gasteiger charge is -2.34. The Kier molecular flexibility index (Phi) is 6.05. The SMILES string of the molecule is CSCCCCN1CCNC(c2ccccc2)C1. The zero-order valence-corrected chi connectivity index (χ0v) is 12.1. The molecule has 2 rings (SSSR count). The fraction of sp³-hybridized carbons (Fsp3) is 0.600. The Labute approximate surface area is 115 Å². The van der Waals surface area contributed by atoms with Crippen LogP contribution in [0.5, 0.6) is 0 Å². The maximum atomic E-state index is 3.62. The van der Waals surface area contributed by atoms with Crippen LogP contribution in [0.4, 0.5) is 0 Å². The van der Waals surface area contributed by atoms with Crippen molar-refractivity contribution in [1.82, 2.24) is 10.2 Å². The molecule has 1 unspecified atom stereocenters. The second-order valence-corrected chi connectivity index (χ2v) is 5.90. The fourth-order valence-corrected chi connectivity index (χ4v) is 3.00. The van der Waals surface area contributed by atoms with Gasteiger partial charge in [0, 0.05) is 25.7 Å². The smallest absolute Gasteiger partial charge is 0.0449 e. The van der Waals surface area contributed by atoms with Gasteiger partial charge in [-0.1, -0.05) is 30.3 Å². The van der Waals surface area contributed by atoms with Gasteiger partial charge in [-0.3, -0.25) is 0 Å². The van der Waals surface area contributed by atoms with E-state index in [1.54, 1.807) is 0 Å². The number of hydrogen-bond donors (Lipinski definition) is 1. The largest absolute Gasteiger partial charge is 0.308 e. The summed E-state index contributed by atoms with van der Waals surface area (Å²) in [6.45, 7) is 4.72. The van der Waals surface area contributed by atoms with Gasteiger partial charge in [0.1, 0.15) is 0 Å². The minimum Gasteiger partial charge on any atom is -0.308 e. The normalized spacial score (nSPS) is 21.1. The molecule has 1 aliphatic heterocycles. The number of benzene rings is 1. The molecular formula is C15H24N2S. The summed E-state index contributed by atoms with van der Waals surface area (Å²) in [5, 5.41) is 3.62. The van der Waals surface area contributed by atoms with Gasteiger partial charge in [0.05, 0.1) is 0 Å². The van der Waals surface area contributed by atoms with Crippen LogP contribution in [-0.4, -0.2) is 43.1 Å². The van der Waals surface area contributed by atoms with Crippen molar-refractivity contribution in [2.24, 2.45) is 0 Å². The van der Waals surface area contributed by atoms with Crippen LogP contribution >= 0.6 is 11.8 Å². The molecule has 0 aromatic heterocycles. The van der Waals surface area contributed by atoms with Crippen LogP contribution in [0.1, 0.15) is 24.4 Å². The number of thioether (sulfide) groups is 1. The minimum atomic E-state index is 0.514. The van der Waals surface area contributed by atoms with Crippen LogP contribution in [0.3, 0.4) is 0 Å². The zero-order chi connectivity index (χ0) is 12.6. The van der Waals surface area contributed by atoms with Crippen LogP contribution in [0.15, 0.2) is 30.3 Å². The topological polar surface area (TPSA) is 15.3 Å². The van der Waals surface area contributed by atoms with Gasteiger partial charge in [0.2, 0.25) is 0 Å². The molecule has 0 spiro atoms. The third-order valence-electron chi connectivity index (χ3n) is 3.53. The monoisotopic (exact) mass is 264 g/mol. The highest BCUT2D eigenvalue weighted by Crippen LogP contribution is 2.17. The van der Waals surface area contributed by atoms with Crippen molar-refractivity contribution >= 4 is 11.8 Å². The average Bonchev–Trinajstić information content (AvgIpc) is 2.45. The van der Waals surface area contributed by atoms with E-state index >= 15 is 0 Å². The van der Waals surface area contributed by atoms with E-state index in [-0.39, 0.29) is 0 Å². The zero-order valence-electron chi connectivity index (χ0n) is 11.3. The molecule has 1 atom stereocenters. The first-order valence-corrected chi connectivity index (χ1v) is 8.29. The minimum absolute atomic E-state index is 0.514. The predicted octanol–water partition coefficient (Wildman–Crippen LogP) is 2.78. The van der Waals surface area contributed by atoms with E-state index in [9.17, 15) is 0 Å². The van der Waals surface area contributed by atoms with Crippen LogP contribution in [0, 0.1) is 0 Å². The first-order valence-electron chi connectivity index (χ1n) is 6.90. The number of piperazine rings is 1. The molecule has 1 N–H and O–H groups in total. The summed E-state index contributed by atoms with van der Waals surface area (Å²) in [6, 6.07) is 11.3. The molecular weight excluding hydrogens is 240 g/mol. The molecule has 1 saturated heterocycles. The molecule has 0 saturated carbocycles. The third kappa shape index (κ3) is 4.30. The number of nitrogens with zero attached hydrogens (tertiary/aromatic N) is 1. The Morgan fingerprint density at radius 2 is 2.11 bits per heavy atom. The van der Waals surface area contributed by atoms with Gasteiger partial charge in [-0.05, 0) is 37.0 Å². The molecule has 1 aromatic rings. The first-order chi connectivity index (χ1) is 8.90. The molecule has 2 nitrogen and oxygen atoms in total. The number of rotatable bonds is 6. The van der Waals surface area contributed by atoms with Crippen LogP contribution in [0.25, 0.3) is 0 Å². The fourth-order valence-electron chi connectivity index (χ4n) is 2.50. The summed E-state index contributed by atoms with van der Waals surface area (Å²) >= 11 is 1.95. The maximum Gasteiger partial charge on any atom is 0.0449 e. The molecule has 0 amide bonds. The lowest BCUT2D eigenvalue weighted by Crippen LogP contribution is -2.46. The van der Waals surface area contributed by atoms with Gasteiger partial charge in [0.15, 0.2) is 0 Å². The molecule has 1 aromatic carbocycles. The summed E-state index contributed by atoms with van der Waals surface area (Å²) in [7, 11) is 0. The second-order valence-electron chi connectivity index (χ2n) is 4.92. The molecule has 100 valence electrons. The van der Waals surface area contributed by atoms with Gasteiger partial charge in [-0.25, -0.2) is 0 Å². The van der Waals surface area contributed by atoms with Crippen molar-refractivity contribution in [1.29, 1.82) is 0 Å². The van der Waals surface area contributed by atoms with E-state index in [0.717, 1.165) is 13.1 Å². The van der Waals surface area contributed by atoms with Crippen molar-refractivity contribution in [3.63, 3.8) is 0 Å². The summed E-state index contributed by atoms with van der Waals surface area (Å²) in [5.74, 6) is 1.30. The Morgan fingerprint density at radius 3 is 2.89 bits per heavy atom. The Morgan fingerprint density at radius 1 is 1.28 bits per heavy atom. The lowest BCUT2D eigenvalue weighted by atomic mass is 10.0. The van der Waals surface area contributed by atoms with Gasteiger partial charge < -0.3 is 10.2 Å². The lowest BCUT2D eigenvalue weighted by molar-refractivity contribution is 0.198. The Balaban J connectivity index is 1.78. The summed E-state index contributed by atoms with van der Waals surface area (Å²) in [6.07, 6.45) is 4.87. The van der Waals surface area contributed by atoms with Gasteiger partial charge in [-0.2, -0.15) is 11.8 Å². The predicted molar refractivity (Wildman–Crippen MR) is 81.2 cm³/mol. The highest BCUT2D eigenvalue weighted by molar-refractivity contribution is 7.98. The molecule has 1 fully saturated rings. The standard InChI is InChI=1S/C15H24N2S/c1-18-12-6-5-10-17-11-9-16-15(13-17)14-7-3-2-4-8-14/h2-4,7-8,15-16H,5-6,9-13H2,1H3. The first kappa shape index (κ1) is 13.9. The van der Waals surface area contributed by atoms with E-state index in [4.69, 9.17) is 0 Å². The number of hydrogen-bond acceptors (Lipinski definition) is 3. The van der Waals surface area contributed by atoms with Gasteiger partial charge in [-0.15, -0.1) is 0 Å². The average molecular weight is 264 g/mol. The highest BCUT2D eigenvalue weighted by Gasteiger charge is 2.19. The molecule has 3 heteroatoms. The van der Waals surface area contributed by atoms with Crippen molar-refractivity contribution in [2.75, 3.05) is 38.2 Å². The van der Waals surface area contributed by atoms with Crippen molar-refractivity contribution in [3.05, 3.63) is 35.9 Å². The van der Waals surface area contributed by atoms with E-state index in [1.165, 1.54) is 37.2 Å². The Hall–Kier alpha value is -0.510. The van der Waals surface area contributed by atoms with E-state index < -0.39 is 0 Å². The highest BCUT2D eigenvalue weighted by atomic mass is 32.2. The quantitative estimate of drug-likeness (QED) is 0.795. The summed E-state index contributed by atoms with van der Waals surface area (Å²) in [5.41, 5.74) is 1.42. The molecule has 1 heterocycles. The van der Waals surface area contributed by atoms with Gasteiger partial charge in [0.25, 0.3) is 0 Å². The van der Waals surface area contributed by atoms with Crippen LogP contribution < -0.4 is 5.32 Å². The van der Waals surface area contributed by atoms with Crippen molar-refractivity contribution in [2.45, 2.75) is 18.9 Å². The molecule has 0 aliphatic carbocycles. The van der Waals surface area contributed by atoms with E-state index in [2.05, 4.69) is 46.8 Å². The second kappa shape index (κ2) is 7.82. The molecule has 0 bridgehead atoms. The van der Waals surface area contributed by atoms with E-state index in [1.807, 2.05) is 11.8 Å². The van der Waals surface area contributed by atoms with Crippen molar-refractivity contribution < 1.29 is 0 Å². The van der Waals surface area contributed by atoms with Crippen LogP contribution in [0.2, 0.25) is 0 Å². The summed E-state index contributed by atoms with van der Waals surface area (Å²) in [4.78, 5) is 2.61. The van der Waals surface area contributed by atoms with E-state index in [0.29, 0.717) is 6.04 Å². The molecule has 0 radical (unpaired) electrons. The van der Waals surface area contributed by atoms with Gasteiger partial charge >= 0.3 is 0 Å².